The maximum atomic E-state index is 12.4. The molecule has 0 saturated heterocycles. The van der Waals surface area contributed by atoms with Crippen LogP contribution in [0.3, 0.4) is 0 Å². The molecule has 1 amide bonds. The van der Waals surface area contributed by atoms with E-state index in [0.29, 0.717) is 30.6 Å². The Labute approximate surface area is 156 Å². The summed E-state index contributed by atoms with van der Waals surface area (Å²) in [4.78, 5) is 19.3. The summed E-state index contributed by atoms with van der Waals surface area (Å²) in [5, 5.41) is 11.4. The van der Waals surface area contributed by atoms with E-state index in [2.05, 4.69) is 56.8 Å². The van der Waals surface area contributed by atoms with Crippen molar-refractivity contribution in [1.82, 2.24) is 30.3 Å². The lowest BCUT2D eigenvalue weighted by molar-refractivity contribution is 0.0954. The number of fused-ring (bicyclic) bond motifs is 1. The summed E-state index contributed by atoms with van der Waals surface area (Å²) >= 11 is 0. The first-order valence-corrected chi connectivity index (χ1v) is 8.83. The molecule has 27 heavy (non-hydrogen) atoms. The Balaban J connectivity index is 1.44. The number of aromatic amines is 1. The lowest BCUT2D eigenvalue weighted by atomic mass is 10.1. The monoisotopic (exact) mass is 360 g/mol. The summed E-state index contributed by atoms with van der Waals surface area (Å²) in [5.41, 5.74) is 5.57. The average molecular weight is 360 g/mol. The third-order valence-electron chi connectivity index (χ3n) is 4.46. The second-order valence-corrected chi connectivity index (χ2v) is 6.52. The van der Waals surface area contributed by atoms with Crippen molar-refractivity contribution in [1.29, 1.82) is 0 Å². The van der Waals surface area contributed by atoms with Crippen molar-refractivity contribution in [2.45, 2.75) is 19.9 Å². The first-order valence-electron chi connectivity index (χ1n) is 8.83. The standard InChI is InChI=1S/C20H20N6O/c1-14-2-4-15(5-3-14)12-26-19-7-6-16(10-18(19)24-25-26)20(27)22-9-8-17-11-21-13-23-17/h2-7,10-11,13H,8-9,12H2,1H3,(H,21,23)(H,22,27). The largest absolute Gasteiger partial charge is 0.352 e. The number of H-pyrrole nitrogens is 1. The van der Waals surface area contributed by atoms with E-state index in [9.17, 15) is 4.79 Å². The number of aryl methyl sites for hydroxylation is 1. The van der Waals surface area contributed by atoms with E-state index in [1.165, 1.54) is 5.56 Å². The van der Waals surface area contributed by atoms with Crippen LogP contribution in [-0.4, -0.2) is 37.4 Å². The van der Waals surface area contributed by atoms with Gasteiger partial charge in [0.05, 0.1) is 18.4 Å². The molecule has 136 valence electrons. The molecule has 4 aromatic rings. The zero-order valence-electron chi connectivity index (χ0n) is 15.0. The van der Waals surface area contributed by atoms with Crippen LogP contribution in [0.15, 0.2) is 55.0 Å². The Morgan fingerprint density at radius 1 is 1.19 bits per heavy atom. The van der Waals surface area contributed by atoms with Crippen LogP contribution < -0.4 is 5.32 Å². The number of nitrogens with zero attached hydrogens (tertiary/aromatic N) is 4. The van der Waals surface area contributed by atoms with Gasteiger partial charge in [0.15, 0.2) is 0 Å². The highest BCUT2D eigenvalue weighted by Crippen LogP contribution is 2.15. The van der Waals surface area contributed by atoms with Gasteiger partial charge in [-0.3, -0.25) is 4.79 Å². The van der Waals surface area contributed by atoms with Gasteiger partial charge in [-0.25, -0.2) is 9.67 Å². The van der Waals surface area contributed by atoms with E-state index in [1.54, 1.807) is 18.6 Å². The number of carbonyl (C=O) groups excluding carboxylic acids is 1. The van der Waals surface area contributed by atoms with Crippen LogP contribution in [0.2, 0.25) is 0 Å². The Kier molecular flexibility index (Phi) is 4.65. The second kappa shape index (κ2) is 7.41. The van der Waals surface area contributed by atoms with Crippen LogP contribution in [0.4, 0.5) is 0 Å². The third-order valence-corrected chi connectivity index (χ3v) is 4.46. The molecule has 0 unspecified atom stereocenters. The topological polar surface area (TPSA) is 88.5 Å². The third kappa shape index (κ3) is 3.87. The maximum Gasteiger partial charge on any atom is 0.251 e. The summed E-state index contributed by atoms with van der Waals surface area (Å²) in [6.45, 7) is 3.25. The van der Waals surface area contributed by atoms with Gasteiger partial charge in [0.1, 0.15) is 5.52 Å². The molecule has 0 fully saturated rings. The van der Waals surface area contributed by atoms with Gasteiger partial charge in [-0.2, -0.15) is 0 Å². The zero-order chi connectivity index (χ0) is 18.6. The summed E-state index contributed by atoms with van der Waals surface area (Å²) < 4.78 is 1.85. The normalized spacial score (nSPS) is 11.0. The molecule has 0 saturated carbocycles. The molecule has 0 bridgehead atoms. The van der Waals surface area contributed by atoms with E-state index in [1.807, 2.05) is 16.8 Å². The van der Waals surface area contributed by atoms with E-state index in [-0.39, 0.29) is 5.91 Å². The maximum absolute atomic E-state index is 12.4. The molecule has 4 rings (SSSR count). The summed E-state index contributed by atoms with van der Waals surface area (Å²) in [5.74, 6) is -0.121. The molecule has 2 aromatic carbocycles. The fourth-order valence-electron chi connectivity index (χ4n) is 2.93. The molecule has 2 heterocycles. The van der Waals surface area contributed by atoms with Crippen LogP contribution in [0.25, 0.3) is 11.0 Å². The molecule has 7 heteroatoms. The minimum atomic E-state index is -0.121. The van der Waals surface area contributed by atoms with Crippen molar-refractivity contribution >= 4 is 16.9 Å². The van der Waals surface area contributed by atoms with Crippen LogP contribution >= 0.6 is 0 Å². The number of nitrogens with one attached hydrogen (secondary N) is 2. The number of carbonyl (C=O) groups is 1. The van der Waals surface area contributed by atoms with Crippen molar-refractivity contribution in [3.8, 4) is 0 Å². The fraction of sp³-hybridized carbons (Fsp3) is 0.200. The highest BCUT2D eigenvalue weighted by atomic mass is 16.1. The molecule has 0 aliphatic rings. The van der Waals surface area contributed by atoms with Crippen LogP contribution in [0.5, 0.6) is 0 Å². The van der Waals surface area contributed by atoms with Gasteiger partial charge < -0.3 is 10.3 Å². The first-order chi connectivity index (χ1) is 13.2. The molecule has 0 radical (unpaired) electrons. The van der Waals surface area contributed by atoms with E-state index >= 15 is 0 Å². The second-order valence-electron chi connectivity index (χ2n) is 6.52. The summed E-state index contributed by atoms with van der Waals surface area (Å²) in [7, 11) is 0. The summed E-state index contributed by atoms with van der Waals surface area (Å²) in [6, 6.07) is 13.8. The van der Waals surface area contributed by atoms with Crippen LogP contribution in [0.1, 0.15) is 27.2 Å². The van der Waals surface area contributed by atoms with Crippen LogP contribution in [-0.2, 0) is 13.0 Å². The van der Waals surface area contributed by atoms with Gasteiger partial charge in [0.2, 0.25) is 0 Å². The molecule has 2 aromatic heterocycles. The lowest BCUT2D eigenvalue weighted by Crippen LogP contribution is -2.25. The van der Waals surface area contributed by atoms with Crippen molar-refractivity contribution in [2.75, 3.05) is 6.54 Å². The molecule has 7 nitrogen and oxygen atoms in total. The predicted octanol–water partition coefficient (Wildman–Crippen LogP) is 2.48. The Morgan fingerprint density at radius 3 is 2.81 bits per heavy atom. The highest BCUT2D eigenvalue weighted by molar-refractivity contribution is 5.97. The minimum absolute atomic E-state index is 0.121. The molecule has 0 spiro atoms. The smallest absolute Gasteiger partial charge is 0.251 e. The van der Waals surface area contributed by atoms with Gasteiger partial charge in [0.25, 0.3) is 5.91 Å². The van der Waals surface area contributed by atoms with Crippen molar-refractivity contribution in [3.05, 3.63) is 77.4 Å². The van der Waals surface area contributed by atoms with Gasteiger partial charge in [-0.1, -0.05) is 35.0 Å². The number of rotatable bonds is 6. The number of imidazole rings is 1. The number of aromatic nitrogens is 5. The van der Waals surface area contributed by atoms with E-state index in [0.717, 1.165) is 16.8 Å². The molecule has 0 atom stereocenters. The Morgan fingerprint density at radius 2 is 2.04 bits per heavy atom. The molecule has 0 aliphatic heterocycles. The zero-order valence-corrected chi connectivity index (χ0v) is 15.0. The molecule has 2 N–H and O–H groups in total. The minimum Gasteiger partial charge on any atom is -0.352 e. The number of hydrogen-bond donors (Lipinski definition) is 2. The van der Waals surface area contributed by atoms with Gasteiger partial charge in [0, 0.05) is 30.4 Å². The Bertz CT molecular complexity index is 1050. The molecular weight excluding hydrogens is 340 g/mol. The number of benzene rings is 2. The van der Waals surface area contributed by atoms with Gasteiger partial charge in [-0.05, 0) is 30.7 Å². The molecule has 0 aliphatic carbocycles. The molecular formula is C20H20N6O. The number of hydrogen-bond acceptors (Lipinski definition) is 4. The SMILES string of the molecule is Cc1ccc(Cn2nnc3cc(C(=O)NCCc4cnc[nH]4)ccc32)cc1. The van der Waals surface area contributed by atoms with E-state index in [4.69, 9.17) is 0 Å². The van der Waals surface area contributed by atoms with E-state index < -0.39 is 0 Å². The predicted molar refractivity (Wildman–Crippen MR) is 102 cm³/mol. The summed E-state index contributed by atoms with van der Waals surface area (Å²) in [6.07, 6.45) is 4.09. The Hall–Kier alpha value is -3.48. The van der Waals surface area contributed by atoms with Crippen molar-refractivity contribution in [2.24, 2.45) is 0 Å². The fourth-order valence-corrected chi connectivity index (χ4v) is 2.93. The van der Waals surface area contributed by atoms with Gasteiger partial charge >= 0.3 is 0 Å². The van der Waals surface area contributed by atoms with Gasteiger partial charge in [-0.15, -0.1) is 5.10 Å². The number of amides is 1. The lowest BCUT2D eigenvalue weighted by Gasteiger charge is -2.05. The first kappa shape index (κ1) is 17.0. The van der Waals surface area contributed by atoms with Crippen molar-refractivity contribution in [3.63, 3.8) is 0 Å². The average Bonchev–Trinajstić information content (AvgIpc) is 3.33. The van der Waals surface area contributed by atoms with Crippen LogP contribution in [0, 0.1) is 6.92 Å². The quantitative estimate of drug-likeness (QED) is 0.553. The van der Waals surface area contributed by atoms with Crippen molar-refractivity contribution < 1.29 is 4.79 Å². The highest BCUT2D eigenvalue weighted by Gasteiger charge is 2.10.